The zero-order valence-electron chi connectivity index (χ0n) is 6.95. The van der Waals surface area contributed by atoms with E-state index in [2.05, 4.69) is 4.99 Å². The van der Waals surface area contributed by atoms with Crippen LogP contribution in [0.1, 0.15) is 0 Å². The number of nitrogens with zero attached hydrogens (tertiary/aromatic N) is 1. The topological polar surface area (TPSA) is 12.4 Å². The van der Waals surface area contributed by atoms with Gasteiger partial charge in [-0.3, -0.25) is 0 Å². The van der Waals surface area contributed by atoms with E-state index >= 15 is 0 Å². The average Bonchev–Trinajstić information content (AvgIpc) is 2.10. The van der Waals surface area contributed by atoms with E-state index in [0.717, 1.165) is 18.2 Å². The van der Waals surface area contributed by atoms with Gasteiger partial charge in [-0.1, -0.05) is 23.2 Å². The molecule has 0 aliphatic heterocycles. The minimum atomic E-state index is -4.74. The van der Waals surface area contributed by atoms with Crippen LogP contribution in [0.5, 0.6) is 0 Å². The van der Waals surface area contributed by atoms with Crippen molar-refractivity contribution in [1.82, 2.24) is 0 Å². The molecule has 7 heteroatoms. The lowest BCUT2D eigenvalue weighted by molar-refractivity contribution is -0.0558. The standard InChI is InChI=1S/C8H3Cl2F4N/c9-5-2-1-4(3-6(5)11)15-7(10)8(12,13)14/h1-3H. The maximum atomic E-state index is 12.8. The van der Waals surface area contributed by atoms with Gasteiger partial charge in [0.15, 0.2) is 0 Å². The summed E-state index contributed by atoms with van der Waals surface area (Å²) in [5.74, 6) is -0.857. The normalized spacial score (nSPS) is 13.1. The van der Waals surface area contributed by atoms with Crippen molar-refractivity contribution in [3.63, 3.8) is 0 Å². The number of hydrogen-bond donors (Lipinski definition) is 0. The molecule has 0 radical (unpaired) electrons. The molecule has 0 heterocycles. The van der Waals surface area contributed by atoms with Crippen LogP contribution in [0.25, 0.3) is 0 Å². The Kier molecular flexibility index (Phi) is 3.57. The van der Waals surface area contributed by atoms with Crippen LogP contribution in [-0.4, -0.2) is 11.3 Å². The van der Waals surface area contributed by atoms with Gasteiger partial charge in [-0.15, -0.1) is 0 Å². The largest absolute Gasteiger partial charge is 0.444 e. The van der Waals surface area contributed by atoms with Crippen LogP contribution < -0.4 is 0 Å². The van der Waals surface area contributed by atoms with Crippen molar-refractivity contribution in [3.05, 3.63) is 29.0 Å². The predicted octanol–water partition coefficient (Wildman–Crippen LogP) is 4.31. The number of hydrogen-bond acceptors (Lipinski definition) is 1. The number of alkyl halides is 3. The van der Waals surface area contributed by atoms with E-state index in [1.54, 1.807) is 0 Å². The third-order valence-corrected chi connectivity index (χ3v) is 1.97. The zero-order chi connectivity index (χ0) is 11.6. The first-order valence-corrected chi connectivity index (χ1v) is 4.33. The van der Waals surface area contributed by atoms with E-state index in [0.29, 0.717) is 0 Å². The van der Waals surface area contributed by atoms with E-state index in [-0.39, 0.29) is 10.7 Å². The highest BCUT2D eigenvalue weighted by atomic mass is 35.5. The van der Waals surface area contributed by atoms with E-state index in [4.69, 9.17) is 23.2 Å². The summed E-state index contributed by atoms with van der Waals surface area (Å²) in [6.07, 6.45) is -4.74. The molecule has 0 aromatic heterocycles. The lowest BCUT2D eigenvalue weighted by Crippen LogP contribution is -2.16. The second-order valence-electron chi connectivity index (χ2n) is 2.50. The van der Waals surface area contributed by atoms with Gasteiger partial charge >= 0.3 is 6.18 Å². The maximum Gasteiger partial charge on any atom is 0.444 e. The molecule has 1 aromatic carbocycles. The highest BCUT2D eigenvalue weighted by molar-refractivity contribution is 6.67. The molecule has 82 valence electrons. The molecule has 0 unspecified atom stereocenters. The smallest absolute Gasteiger partial charge is 0.232 e. The predicted molar refractivity (Wildman–Crippen MR) is 50.4 cm³/mol. The molecule has 0 atom stereocenters. The van der Waals surface area contributed by atoms with Crippen LogP contribution in [0.2, 0.25) is 5.02 Å². The molecular formula is C8H3Cl2F4N. The lowest BCUT2D eigenvalue weighted by atomic mass is 10.3. The van der Waals surface area contributed by atoms with E-state index in [1.165, 1.54) is 0 Å². The SMILES string of the molecule is Fc1cc(N=C(Cl)C(F)(F)F)ccc1Cl. The van der Waals surface area contributed by atoms with Gasteiger partial charge in [-0.05, 0) is 12.1 Å². The number of halogens is 6. The summed E-state index contributed by atoms with van der Waals surface area (Å²) in [4.78, 5) is 2.99. The van der Waals surface area contributed by atoms with Gasteiger partial charge in [0.1, 0.15) is 5.82 Å². The Balaban J connectivity index is 3.04. The van der Waals surface area contributed by atoms with Crippen molar-refractivity contribution < 1.29 is 17.6 Å². The molecular weight excluding hydrogens is 257 g/mol. The summed E-state index contributed by atoms with van der Waals surface area (Å²) in [5, 5.41) is -1.76. The van der Waals surface area contributed by atoms with Crippen LogP contribution in [-0.2, 0) is 0 Å². The number of aliphatic imine (C=N–C) groups is 1. The van der Waals surface area contributed by atoms with Gasteiger partial charge in [0, 0.05) is 6.07 Å². The molecule has 0 aliphatic carbocycles. The second kappa shape index (κ2) is 4.37. The first-order chi connectivity index (χ1) is 6.80. The fraction of sp³-hybridized carbons (Fsp3) is 0.125. The third-order valence-electron chi connectivity index (χ3n) is 1.36. The first kappa shape index (κ1) is 12.3. The Morgan fingerprint density at radius 2 is 1.87 bits per heavy atom. The summed E-state index contributed by atoms with van der Waals surface area (Å²) in [6, 6.07) is 2.98. The van der Waals surface area contributed by atoms with Crippen LogP contribution >= 0.6 is 23.2 Å². The maximum absolute atomic E-state index is 12.8. The molecule has 0 saturated carbocycles. The van der Waals surface area contributed by atoms with Gasteiger partial charge in [0.25, 0.3) is 0 Å². The van der Waals surface area contributed by atoms with Gasteiger partial charge in [-0.25, -0.2) is 9.38 Å². The van der Waals surface area contributed by atoms with Crippen molar-refractivity contribution in [2.24, 2.45) is 4.99 Å². The summed E-state index contributed by atoms with van der Waals surface area (Å²) in [6.45, 7) is 0. The Bertz CT molecular complexity index is 400. The Morgan fingerprint density at radius 3 is 2.33 bits per heavy atom. The summed E-state index contributed by atoms with van der Waals surface area (Å²) in [7, 11) is 0. The van der Waals surface area contributed by atoms with Crippen molar-refractivity contribution >= 4 is 34.1 Å². The Morgan fingerprint density at radius 1 is 1.27 bits per heavy atom. The van der Waals surface area contributed by atoms with Crippen molar-refractivity contribution in [3.8, 4) is 0 Å². The van der Waals surface area contributed by atoms with Gasteiger partial charge < -0.3 is 0 Å². The molecule has 0 fully saturated rings. The molecule has 0 saturated heterocycles. The molecule has 1 aromatic rings. The summed E-state index contributed by atoms with van der Waals surface area (Å²) < 4.78 is 48.6. The van der Waals surface area contributed by atoms with Gasteiger partial charge in [0.05, 0.1) is 10.7 Å². The van der Waals surface area contributed by atoms with E-state index < -0.39 is 17.2 Å². The molecule has 0 spiro atoms. The zero-order valence-corrected chi connectivity index (χ0v) is 8.46. The minimum Gasteiger partial charge on any atom is -0.232 e. The fourth-order valence-electron chi connectivity index (χ4n) is 0.731. The second-order valence-corrected chi connectivity index (χ2v) is 3.26. The Hall–Kier alpha value is -0.810. The third kappa shape index (κ3) is 3.35. The first-order valence-electron chi connectivity index (χ1n) is 3.57. The summed E-state index contributed by atoms with van der Waals surface area (Å²) in [5.41, 5.74) is -0.251. The average molecular weight is 260 g/mol. The molecule has 1 nitrogen and oxygen atoms in total. The molecule has 0 bridgehead atoms. The monoisotopic (exact) mass is 259 g/mol. The van der Waals surface area contributed by atoms with E-state index in [9.17, 15) is 17.6 Å². The molecule has 15 heavy (non-hydrogen) atoms. The van der Waals surface area contributed by atoms with Gasteiger partial charge in [-0.2, -0.15) is 13.2 Å². The van der Waals surface area contributed by atoms with Crippen LogP contribution in [0.4, 0.5) is 23.2 Å². The number of benzene rings is 1. The molecule has 1 rings (SSSR count). The van der Waals surface area contributed by atoms with Gasteiger partial charge in [0.2, 0.25) is 5.17 Å². The van der Waals surface area contributed by atoms with Crippen LogP contribution in [0.3, 0.4) is 0 Å². The van der Waals surface area contributed by atoms with Crippen molar-refractivity contribution in [2.75, 3.05) is 0 Å². The van der Waals surface area contributed by atoms with E-state index in [1.807, 2.05) is 0 Å². The van der Waals surface area contributed by atoms with Crippen LogP contribution in [0.15, 0.2) is 23.2 Å². The molecule has 0 amide bonds. The van der Waals surface area contributed by atoms with Crippen molar-refractivity contribution in [2.45, 2.75) is 6.18 Å². The number of rotatable bonds is 1. The minimum absolute atomic E-state index is 0.197. The highest BCUT2D eigenvalue weighted by Gasteiger charge is 2.34. The quantitative estimate of drug-likeness (QED) is 0.527. The fourth-order valence-corrected chi connectivity index (χ4v) is 0.946. The summed E-state index contributed by atoms with van der Waals surface area (Å²) >= 11 is 10.2. The molecule has 0 aliphatic rings. The highest BCUT2D eigenvalue weighted by Crippen LogP contribution is 2.26. The Labute approximate surface area is 92.3 Å². The lowest BCUT2D eigenvalue weighted by Gasteiger charge is -2.03. The molecule has 0 N–H and O–H groups in total. The van der Waals surface area contributed by atoms with Crippen LogP contribution in [0, 0.1) is 5.82 Å². The van der Waals surface area contributed by atoms with Crippen molar-refractivity contribution in [1.29, 1.82) is 0 Å².